The van der Waals surface area contributed by atoms with E-state index in [9.17, 15) is 10.0 Å². The highest BCUT2D eigenvalue weighted by atomic mass is 32.2. The number of hydrazone groups is 1. The van der Waals surface area contributed by atoms with Gasteiger partial charge in [0.25, 0.3) is 10.9 Å². The molecule has 0 spiro atoms. The van der Waals surface area contributed by atoms with Gasteiger partial charge in [-0.25, -0.2) is 5.01 Å². The Balaban J connectivity index is 1.54. The standard InChI is InChI=1S/C18H15N3O2S3/c22-17(12-26-18-7-1-2-8-20(18)23)21-14(16-6-4-10-25-16)11-13(19-21)15-5-3-9-24-15/h1-10,14H,11-12H2. The summed E-state index contributed by atoms with van der Waals surface area (Å²) in [6, 6.07) is 13.2. The van der Waals surface area contributed by atoms with Gasteiger partial charge in [-0.1, -0.05) is 12.1 Å². The van der Waals surface area contributed by atoms with Gasteiger partial charge in [-0.3, -0.25) is 4.79 Å². The van der Waals surface area contributed by atoms with Crippen LogP contribution in [-0.2, 0) is 4.79 Å². The van der Waals surface area contributed by atoms with Crippen molar-refractivity contribution in [3.8, 4) is 0 Å². The first kappa shape index (κ1) is 17.3. The van der Waals surface area contributed by atoms with Crippen LogP contribution in [-0.4, -0.2) is 22.4 Å². The van der Waals surface area contributed by atoms with E-state index in [1.165, 1.54) is 18.0 Å². The van der Waals surface area contributed by atoms with Gasteiger partial charge in [0.2, 0.25) is 0 Å². The Morgan fingerprint density at radius 2 is 2.08 bits per heavy atom. The monoisotopic (exact) mass is 401 g/mol. The third kappa shape index (κ3) is 3.53. The zero-order valence-electron chi connectivity index (χ0n) is 13.6. The Morgan fingerprint density at radius 1 is 1.23 bits per heavy atom. The third-order valence-electron chi connectivity index (χ3n) is 3.98. The summed E-state index contributed by atoms with van der Waals surface area (Å²) in [5, 5.41) is 22.5. The molecule has 5 nitrogen and oxygen atoms in total. The first-order chi connectivity index (χ1) is 12.7. The molecule has 0 radical (unpaired) electrons. The molecule has 4 rings (SSSR count). The maximum absolute atomic E-state index is 12.8. The molecule has 0 saturated carbocycles. The van der Waals surface area contributed by atoms with Crippen LogP contribution in [0.15, 0.2) is 69.5 Å². The quantitative estimate of drug-likeness (QED) is 0.370. The highest BCUT2D eigenvalue weighted by Crippen LogP contribution is 2.36. The molecular weight excluding hydrogens is 386 g/mol. The van der Waals surface area contributed by atoms with Gasteiger partial charge in [-0.15, -0.1) is 22.7 Å². The van der Waals surface area contributed by atoms with Gasteiger partial charge >= 0.3 is 0 Å². The third-order valence-corrected chi connectivity index (χ3v) is 6.87. The molecule has 4 heterocycles. The van der Waals surface area contributed by atoms with Crippen molar-refractivity contribution in [2.75, 3.05) is 5.75 Å². The van der Waals surface area contributed by atoms with Crippen molar-refractivity contribution in [2.24, 2.45) is 5.10 Å². The number of rotatable bonds is 5. The number of nitrogens with zero attached hydrogens (tertiary/aromatic N) is 3. The van der Waals surface area contributed by atoms with Crippen LogP contribution in [0.5, 0.6) is 0 Å². The fourth-order valence-electron chi connectivity index (χ4n) is 2.76. The van der Waals surface area contributed by atoms with Crippen molar-refractivity contribution in [3.05, 3.63) is 74.4 Å². The molecule has 132 valence electrons. The summed E-state index contributed by atoms with van der Waals surface area (Å²) in [5.74, 6) is 0.0822. The highest BCUT2D eigenvalue weighted by molar-refractivity contribution is 7.99. The molecule has 0 N–H and O–H groups in total. The highest BCUT2D eigenvalue weighted by Gasteiger charge is 2.34. The number of amides is 1. The fourth-order valence-corrected chi connectivity index (χ4v) is 5.06. The Kier molecular flexibility index (Phi) is 5.05. The first-order valence-corrected chi connectivity index (χ1v) is 10.7. The lowest BCUT2D eigenvalue weighted by Gasteiger charge is -2.20. The zero-order valence-corrected chi connectivity index (χ0v) is 16.1. The molecule has 3 aromatic rings. The smallest absolute Gasteiger partial charge is 0.253 e. The van der Waals surface area contributed by atoms with Crippen LogP contribution in [0.3, 0.4) is 0 Å². The van der Waals surface area contributed by atoms with Crippen LogP contribution < -0.4 is 4.73 Å². The van der Waals surface area contributed by atoms with E-state index in [1.54, 1.807) is 45.9 Å². The van der Waals surface area contributed by atoms with Gasteiger partial charge in [-0.2, -0.15) is 9.83 Å². The van der Waals surface area contributed by atoms with E-state index in [2.05, 4.69) is 5.10 Å². The molecular formula is C18H15N3O2S3. The molecule has 0 saturated heterocycles. The number of carbonyl (C=O) groups excluding carboxylic acids is 1. The summed E-state index contributed by atoms with van der Waals surface area (Å²) < 4.78 is 0.777. The second-order valence-electron chi connectivity index (χ2n) is 5.65. The van der Waals surface area contributed by atoms with Crippen LogP contribution in [0, 0.1) is 5.21 Å². The first-order valence-electron chi connectivity index (χ1n) is 8.00. The molecule has 1 amide bonds. The van der Waals surface area contributed by atoms with Gasteiger partial charge in [0, 0.05) is 23.4 Å². The SMILES string of the molecule is O=C(CSc1cccc[n+]1[O-])N1N=C(c2cccs2)CC1c1cccs1. The van der Waals surface area contributed by atoms with Gasteiger partial charge in [0.15, 0.2) is 6.20 Å². The minimum atomic E-state index is -0.0937. The normalized spacial score (nSPS) is 16.7. The van der Waals surface area contributed by atoms with E-state index in [-0.39, 0.29) is 17.7 Å². The van der Waals surface area contributed by atoms with E-state index in [4.69, 9.17) is 0 Å². The Morgan fingerprint density at radius 3 is 2.81 bits per heavy atom. The molecule has 3 aromatic heterocycles. The molecule has 26 heavy (non-hydrogen) atoms. The van der Waals surface area contributed by atoms with Crippen molar-refractivity contribution in [1.29, 1.82) is 0 Å². The van der Waals surface area contributed by atoms with Crippen molar-refractivity contribution in [2.45, 2.75) is 17.5 Å². The van der Waals surface area contributed by atoms with Crippen molar-refractivity contribution >= 4 is 46.1 Å². The Labute approximate surface area is 163 Å². The predicted octanol–water partition coefficient (Wildman–Crippen LogP) is 3.91. The van der Waals surface area contributed by atoms with Crippen LogP contribution in [0.4, 0.5) is 0 Å². The Bertz CT molecular complexity index is 923. The molecule has 1 atom stereocenters. The van der Waals surface area contributed by atoms with Gasteiger partial charge in [-0.05, 0) is 40.7 Å². The van der Waals surface area contributed by atoms with E-state index in [0.29, 0.717) is 11.4 Å². The van der Waals surface area contributed by atoms with Gasteiger partial charge in [0.05, 0.1) is 22.4 Å². The number of hydrogen-bond acceptors (Lipinski definition) is 6. The fraction of sp³-hybridized carbons (Fsp3) is 0.167. The summed E-state index contributed by atoms with van der Waals surface area (Å²) in [6.07, 6.45) is 2.15. The number of thioether (sulfide) groups is 1. The number of thiophene rings is 2. The largest absolute Gasteiger partial charge is 0.618 e. The van der Waals surface area contributed by atoms with E-state index in [0.717, 1.165) is 20.2 Å². The topological polar surface area (TPSA) is 59.6 Å². The van der Waals surface area contributed by atoms with Gasteiger partial charge in [0.1, 0.15) is 0 Å². The maximum Gasteiger partial charge on any atom is 0.253 e. The van der Waals surface area contributed by atoms with Crippen LogP contribution in [0.2, 0.25) is 0 Å². The van der Waals surface area contributed by atoms with E-state index in [1.807, 2.05) is 35.0 Å². The summed E-state index contributed by atoms with van der Waals surface area (Å²) in [7, 11) is 0. The molecule has 0 fully saturated rings. The van der Waals surface area contributed by atoms with Crippen LogP contribution in [0.1, 0.15) is 22.2 Å². The minimum Gasteiger partial charge on any atom is -0.618 e. The molecule has 1 aliphatic rings. The maximum atomic E-state index is 12.8. The lowest BCUT2D eigenvalue weighted by atomic mass is 10.1. The molecule has 0 aromatic carbocycles. The minimum absolute atomic E-state index is 0.0738. The van der Waals surface area contributed by atoms with Crippen molar-refractivity contribution < 1.29 is 9.52 Å². The van der Waals surface area contributed by atoms with Crippen molar-refractivity contribution in [3.63, 3.8) is 0 Å². The number of carbonyl (C=O) groups is 1. The van der Waals surface area contributed by atoms with E-state index >= 15 is 0 Å². The summed E-state index contributed by atoms with van der Waals surface area (Å²) >= 11 is 4.50. The molecule has 0 bridgehead atoms. The lowest BCUT2D eigenvalue weighted by molar-refractivity contribution is -0.645. The zero-order chi connectivity index (χ0) is 17.9. The average Bonchev–Trinajstić information content (AvgIpc) is 3.41. The number of aromatic nitrogens is 1. The summed E-state index contributed by atoms with van der Waals surface area (Å²) in [6.45, 7) is 0. The second-order valence-corrected chi connectivity index (χ2v) is 8.57. The average molecular weight is 402 g/mol. The van der Waals surface area contributed by atoms with Crippen LogP contribution in [0.25, 0.3) is 0 Å². The molecule has 8 heteroatoms. The summed E-state index contributed by atoms with van der Waals surface area (Å²) in [5.41, 5.74) is 0.940. The molecule has 1 unspecified atom stereocenters. The van der Waals surface area contributed by atoms with Gasteiger partial charge < -0.3 is 5.21 Å². The Hall–Kier alpha value is -2.16. The molecule has 1 aliphatic heterocycles. The summed E-state index contributed by atoms with van der Waals surface area (Å²) in [4.78, 5) is 15.1. The lowest BCUT2D eigenvalue weighted by Crippen LogP contribution is -2.31. The van der Waals surface area contributed by atoms with Crippen molar-refractivity contribution in [1.82, 2.24) is 5.01 Å². The predicted molar refractivity (Wildman–Crippen MR) is 106 cm³/mol. The number of pyridine rings is 1. The van der Waals surface area contributed by atoms with Crippen LogP contribution >= 0.6 is 34.4 Å². The molecule has 0 aliphatic carbocycles. The number of hydrogen-bond donors (Lipinski definition) is 0. The second kappa shape index (κ2) is 7.61. The van der Waals surface area contributed by atoms with E-state index < -0.39 is 0 Å².